The summed E-state index contributed by atoms with van der Waals surface area (Å²) in [5, 5.41) is 3.15. The molecule has 0 aromatic carbocycles. The van der Waals surface area contributed by atoms with Crippen LogP contribution in [-0.2, 0) is 9.59 Å². The van der Waals surface area contributed by atoms with Crippen molar-refractivity contribution in [2.45, 2.75) is 33.2 Å². The number of carbonyl (C=O) groups is 2. The molecule has 0 amide bonds. The van der Waals surface area contributed by atoms with Gasteiger partial charge >= 0.3 is 0 Å². The first-order valence-electron chi connectivity index (χ1n) is 5.24. The standard InChI is InChI=1S/C12H16N2O2/c1-5-9-8(4)13-11(7(2)3)12(14-9)10(16)6-15/h6,8,13H,2,5H2,1,3-4H3. The van der Waals surface area contributed by atoms with Crippen LogP contribution in [0.5, 0.6) is 0 Å². The first-order chi connectivity index (χ1) is 7.51. The molecule has 1 unspecified atom stereocenters. The summed E-state index contributed by atoms with van der Waals surface area (Å²) >= 11 is 0. The van der Waals surface area contributed by atoms with Crippen LogP contribution in [0.25, 0.3) is 0 Å². The Hall–Kier alpha value is -1.71. The Morgan fingerprint density at radius 2 is 2.25 bits per heavy atom. The summed E-state index contributed by atoms with van der Waals surface area (Å²) in [5.74, 6) is -0.608. The fourth-order valence-corrected chi connectivity index (χ4v) is 1.61. The Labute approximate surface area is 95.1 Å². The SMILES string of the molecule is C=C(C)C1=C(C(=O)C=O)N=C(CC)C(C)N1. The number of aldehydes is 1. The van der Waals surface area contributed by atoms with Crippen LogP contribution in [-0.4, -0.2) is 23.8 Å². The number of allylic oxidation sites excluding steroid dienone is 2. The van der Waals surface area contributed by atoms with Crippen LogP contribution < -0.4 is 5.32 Å². The molecular formula is C12H16N2O2. The number of ketones is 1. The Morgan fingerprint density at radius 1 is 1.62 bits per heavy atom. The second kappa shape index (κ2) is 4.88. The lowest BCUT2D eigenvalue weighted by atomic mass is 10.0. The van der Waals surface area contributed by atoms with Gasteiger partial charge in [-0.1, -0.05) is 13.5 Å². The van der Waals surface area contributed by atoms with Gasteiger partial charge in [0.05, 0.1) is 11.7 Å². The molecule has 0 fully saturated rings. The highest BCUT2D eigenvalue weighted by molar-refractivity contribution is 6.33. The number of nitrogens with one attached hydrogen (secondary N) is 1. The summed E-state index contributed by atoms with van der Waals surface area (Å²) < 4.78 is 0. The van der Waals surface area contributed by atoms with Gasteiger partial charge in [-0.3, -0.25) is 9.59 Å². The molecule has 4 nitrogen and oxygen atoms in total. The fourth-order valence-electron chi connectivity index (χ4n) is 1.61. The Bertz CT molecular complexity index is 405. The number of hydrogen-bond donors (Lipinski definition) is 1. The first-order valence-corrected chi connectivity index (χ1v) is 5.24. The molecule has 0 saturated heterocycles. The average molecular weight is 220 g/mol. The number of nitrogens with zero attached hydrogens (tertiary/aromatic N) is 1. The molecule has 1 aliphatic heterocycles. The van der Waals surface area contributed by atoms with E-state index in [0.717, 1.165) is 12.1 Å². The molecule has 1 atom stereocenters. The van der Waals surface area contributed by atoms with Crippen molar-refractivity contribution in [3.05, 3.63) is 23.5 Å². The van der Waals surface area contributed by atoms with Crippen LogP contribution >= 0.6 is 0 Å². The maximum Gasteiger partial charge on any atom is 0.245 e. The van der Waals surface area contributed by atoms with E-state index >= 15 is 0 Å². The first kappa shape index (κ1) is 12.4. The van der Waals surface area contributed by atoms with Crippen molar-refractivity contribution in [1.29, 1.82) is 0 Å². The van der Waals surface area contributed by atoms with Crippen LogP contribution in [0.15, 0.2) is 28.5 Å². The van der Waals surface area contributed by atoms with Gasteiger partial charge in [0.2, 0.25) is 5.78 Å². The third kappa shape index (κ3) is 2.27. The molecule has 1 aliphatic rings. The molecular weight excluding hydrogens is 204 g/mol. The lowest BCUT2D eigenvalue weighted by Crippen LogP contribution is -2.38. The van der Waals surface area contributed by atoms with Gasteiger partial charge in [-0.15, -0.1) is 0 Å². The van der Waals surface area contributed by atoms with E-state index in [1.165, 1.54) is 0 Å². The quantitative estimate of drug-likeness (QED) is 0.575. The summed E-state index contributed by atoms with van der Waals surface area (Å²) in [6, 6.07) is 0.0694. The van der Waals surface area contributed by atoms with E-state index in [1.807, 2.05) is 13.8 Å². The van der Waals surface area contributed by atoms with Gasteiger partial charge < -0.3 is 5.32 Å². The predicted octanol–water partition coefficient (Wildman–Crippen LogP) is 1.38. The number of Topliss-reactive ketones (excluding diaryl/α,β-unsaturated/α-hetero) is 1. The Morgan fingerprint density at radius 3 is 2.69 bits per heavy atom. The van der Waals surface area contributed by atoms with Crippen molar-refractivity contribution in [2.24, 2.45) is 4.99 Å². The summed E-state index contributed by atoms with van der Waals surface area (Å²) in [7, 11) is 0. The van der Waals surface area contributed by atoms with E-state index in [2.05, 4.69) is 16.9 Å². The maximum atomic E-state index is 11.4. The van der Waals surface area contributed by atoms with Crippen LogP contribution in [0.4, 0.5) is 0 Å². The molecule has 86 valence electrons. The van der Waals surface area contributed by atoms with Gasteiger partial charge in [-0.25, -0.2) is 4.99 Å². The number of carbonyl (C=O) groups excluding carboxylic acids is 2. The minimum absolute atomic E-state index is 0.0694. The molecule has 4 heteroatoms. The lowest BCUT2D eigenvalue weighted by Gasteiger charge is -2.25. The molecule has 16 heavy (non-hydrogen) atoms. The highest BCUT2D eigenvalue weighted by Gasteiger charge is 2.23. The minimum atomic E-state index is -0.608. The highest BCUT2D eigenvalue weighted by atomic mass is 16.2. The van der Waals surface area contributed by atoms with Gasteiger partial charge in [0.1, 0.15) is 5.70 Å². The zero-order valence-corrected chi connectivity index (χ0v) is 9.83. The molecule has 0 bridgehead atoms. The molecule has 1 heterocycles. The third-order valence-electron chi connectivity index (χ3n) is 2.48. The maximum absolute atomic E-state index is 11.4. The smallest absolute Gasteiger partial charge is 0.245 e. The summed E-state index contributed by atoms with van der Waals surface area (Å²) in [5.41, 5.74) is 2.32. The van der Waals surface area contributed by atoms with Crippen LogP contribution in [0, 0.1) is 0 Å². The van der Waals surface area contributed by atoms with Gasteiger partial charge in [0, 0.05) is 5.71 Å². The number of rotatable bonds is 4. The van der Waals surface area contributed by atoms with Gasteiger partial charge in [-0.05, 0) is 25.8 Å². The summed E-state index contributed by atoms with van der Waals surface area (Å²) in [4.78, 5) is 26.2. The Balaban J connectivity index is 3.26. The second-order valence-corrected chi connectivity index (χ2v) is 3.81. The van der Waals surface area contributed by atoms with Gasteiger partial charge in [0.15, 0.2) is 6.29 Å². The summed E-state index contributed by atoms with van der Waals surface area (Å²) in [6.45, 7) is 9.48. The molecule has 0 radical (unpaired) electrons. The molecule has 0 aromatic heterocycles. The van der Waals surface area contributed by atoms with Gasteiger partial charge in [0.25, 0.3) is 0 Å². The predicted molar refractivity (Wildman–Crippen MR) is 63.2 cm³/mol. The van der Waals surface area contributed by atoms with E-state index in [4.69, 9.17) is 0 Å². The van der Waals surface area contributed by atoms with Crippen molar-refractivity contribution < 1.29 is 9.59 Å². The monoisotopic (exact) mass is 220 g/mol. The fraction of sp³-hybridized carbons (Fsp3) is 0.417. The van der Waals surface area contributed by atoms with Crippen molar-refractivity contribution in [3.63, 3.8) is 0 Å². The second-order valence-electron chi connectivity index (χ2n) is 3.81. The number of hydrogen-bond acceptors (Lipinski definition) is 4. The van der Waals surface area contributed by atoms with E-state index in [9.17, 15) is 9.59 Å². The molecule has 0 aliphatic carbocycles. The Kier molecular flexibility index (Phi) is 3.77. The van der Waals surface area contributed by atoms with E-state index in [1.54, 1.807) is 6.92 Å². The van der Waals surface area contributed by atoms with Crippen LogP contribution in [0.2, 0.25) is 0 Å². The molecule has 0 saturated carbocycles. The van der Waals surface area contributed by atoms with E-state index in [-0.39, 0.29) is 18.0 Å². The third-order valence-corrected chi connectivity index (χ3v) is 2.48. The zero-order valence-electron chi connectivity index (χ0n) is 9.83. The van der Waals surface area contributed by atoms with Gasteiger partial charge in [-0.2, -0.15) is 0 Å². The van der Waals surface area contributed by atoms with Crippen LogP contribution in [0.1, 0.15) is 27.2 Å². The van der Waals surface area contributed by atoms with Crippen molar-refractivity contribution >= 4 is 17.8 Å². The normalized spacial score (nSPS) is 19.9. The minimum Gasteiger partial charge on any atom is -0.375 e. The zero-order chi connectivity index (χ0) is 12.3. The topological polar surface area (TPSA) is 58.5 Å². The van der Waals surface area contributed by atoms with Crippen molar-refractivity contribution in [1.82, 2.24) is 5.32 Å². The largest absolute Gasteiger partial charge is 0.375 e. The van der Waals surface area contributed by atoms with Crippen molar-refractivity contribution in [3.8, 4) is 0 Å². The van der Waals surface area contributed by atoms with Crippen molar-refractivity contribution in [2.75, 3.05) is 0 Å². The number of aliphatic imine (C=N–C) groups is 1. The molecule has 0 spiro atoms. The molecule has 0 aromatic rings. The summed E-state index contributed by atoms with van der Waals surface area (Å²) in [6.07, 6.45) is 1.03. The van der Waals surface area contributed by atoms with Crippen LogP contribution in [0.3, 0.4) is 0 Å². The van der Waals surface area contributed by atoms with E-state index in [0.29, 0.717) is 11.3 Å². The molecule has 1 N–H and O–H groups in total. The molecule has 1 rings (SSSR count). The highest BCUT2D eigenvalue weighted by Crippen LogP contribution is 2.19. The van der Waals surface area contributed by atoms with E-state index < -0.39 is 5.78 Å². The average Bonchev–Trinajstić information content (AvgIpc) is 2.27. The lowest BCUT2D eigenvalue weighted by molar-refractivity contribution is -0.127.